The predicted molar refractivity (Wildman–Crippen MR) is 95.9 cm³/mol. The Labute approximate surface area is 160 Å². The molecule has 150 valence electrons. The zero-order valence-electron chi connectivity index (χ0n) is 14.9. The van der Waals surface area contributed by atoms with Gasteiger partial charge in [0.25, 0.3) is 5.92 Å². The fraction of sp³-hybridized carbons (Fsp3) is 0.412. The number of nitrogen functional groups attached to an aromatic ring is 1. The number of fused-ring (bicyclic) bond motifs is 1. The van der Waals surface area contributed by atoms with Crippen LogP contribution in [0.5, 0.6) is 5.75 Å². The monoisotopic (exact) mass is 413 g/mol. The Morgan fingerprint density at radius 1 is 1.43 bits per heavy atom. The second-order valence-corrected chi connectivity index (χ2v) is 7.71. The molecule has 3 unspecified atom stereocenters. The molecule has 2 aliphatic rings. The van der Waals surface area contributed by atoms with Gasteiger partial charge in [-0.15, -0.1) is 0 Å². The van der Waals surface area contributed by atoms with Gasteiger partial charge in [0.15, 0.2) is 0 Å². The van der Waals surface area contributed by atoms with Gasteiger partial charge in [-0.3, -0.25) is 13.6 Å². The van der Waals surface area contributed by atoms with Crippen molar-refractivity contribution >= 4 is 14.4 Å². The largest absolute Gasteiger partial charge is 0.426 e. The number of anilines is 1. The fourth-order valence-corrected chi connectivity index (χ4v) is 4.22. The van der Waals surface area contributed by atoms with E-state index in [1.54, 1.807) is 0 Å². The van der Waals surface area contributed by atoms with Crippen LogP contribution in [0.15, 0.2) is 35.3 Å². The highest BCUT2D eigenvalue weighted by molar-refractivity contribution is 7.42. The SMILES string of the molecule is Cc1cccc2c1OP(OCC1CC(F)(F)C(n3ccc(N)nc3=O)O1)OC2. The highest BCUT2D eigenvalue weighted by Crippen LogP contribution is 2.49. The number of hydrogen-bond donors (Lipinski definition) is 1. The van der Waals surface area contributed by atoms with Crippen LogP contribution >= 0.6 is 8.60 Å². The Hall–Kier alpha value is -2.13. The molecule has 1 aromatic carbocycles. The third-order valence-corrected chi connectivity index (χ3v) is 5.47. The molecule has 0 amide bonds. The van der Waals surface area contributed by atoms with E-state index in [0.717, 1.165) is 21.9 Å². The number of nitrogens with zero attached hydrogens (tertiary/aromatic N) is 2. The Morgan fingerprint density at radius 2 is 2.25 bits per heavy atom. The molecule has 0 radical (unpaired) electrons. The number of aryl methyl sites for hydroxylation is 1. The first kappa shape index (κ1) is 19.2. The van der Waals surface area contributed by atoms with Gasteiger partial charge in [-0.05, 0) is 18.6 Å². The average molecular weight is 413 g/mol. The van der Waals surface area contributed by atoms with E-state index in [0.29, 0.717) is 12.4 Å². The molecular weight excluding hydrogens is 395 g/mol. The summed E-state index contributed by atoms with van der Waals surface area (Å²) in [6, 6.07) is 6.95. The number of nitrogens with two attached hydrogens (primary N) is 1. The lowest BCUT2D eigenvalue weighted by atomic mass is 10.1. The van der Waals surface area contributed by atoms with Crippen LogP contribution in [0.25, 0.3) is 0 Å². The van der Waals surface area contributed by atoms with Crippen LogP contribution < -0.4 is 15.9 Å². The second-order valence-electron chi connectivity index (χ2n) is 6.57. The molecule has 1 aromatic heterocycles. The molecule has 28 heavy (non-hydrogen) atoms. The van der Waals surface area contributed by atoms with Crippen LogP contribution in [0.4, 0.5) is 14.6 Å². The molecular formula is C17H18F2N3O5P. The van der Waals surface area contributed by atoms with Crippen LogP contribution in [-0.4, -0.2) is 28.2 Å². The summed E-state index contributed by atoms with van der Waals surface area (Å²) in [5, 5.41) is 0. The summed E-state index contributed by atoms with van der Waals surface area (Å²) in [6.45, 7) is 2.07. The molecule has 3 atom stereocenters. The molecule has 2 N–H and O–H groups in total. The molecule has 3 heterocycles. The first-order valence-electron chi connectivity index (χ1n) is 8.54. The zero-order valence-corrected chi connectivity index (χ0v) is 15.8. The van der Waals surface area contributed by atoms with Gasteiger partial charge in [-0.2, -0.15) is 4.98 Å². The van der Waals surface area contributed by atoms with Crippen molar-refractivity contribution in [2.75, 3.05) is 12.3 Å². The van der Waals surface area contributed by atoms with Gasteiger partial charge in [0, 0.05) is 18.2 Å². The quantitative estimate of drug-likeness (QED) is 0.770. The summed E-state index contributed by atoms with van der Waals surface area (Å²) in [7, 11) is -1.72. The van der Waals surface area contributed by atoms with E-state index in [2.05, 4.69) is 4.98 Å². The average Bonchev–Trinajstić information content (AvgIpc) is 2.95. The van der Waals surface area contributed by atoms with E-state index in [1.807, 2.05) is 25.1 Å². The van der Waals surface area contributed by atoms with E-state index in [4.69, 9.17) is 24.0 Å². The maximum Gasteiger partial charge on any atom is 0.397 e. The van der Waals surface area contributed by atoms with Crippen molar-refractivity contribution in [1.82, 2.24) is 9.55 Å². The molecule has 0 spiro atoms. The van der Waals surface area contributed by atoms with Gasteiger partial charge in [0.2, 0.25) is 6.23 Å². The Kier molecular flexibility index (Phi) is 5.05. The molecule has 0 aliphatic carbocycles. The van der Waals surface area contributed by atoms with E-state index < -0.39 is 39.0 Å². The number of alkyl halides is 2. The highest BCUT2D eigenvalue weighted by atomic mass is 31.2. The number of rotatable bonds is 4. The lowest BCUT2D eigenvalue weighted by Crippen LogP contribution is -2.35. The van der Waals surface area contributed by atoms with Crippen LogP contribution in [0, 0.1) is 6.92 Å². The Morgan fingerprint density at radius 3 is 3.04 bits per heavy atom. The topological polar surface area (TPSA) is 97.8 Å². The number of benzene rings is 1. The molecule has 1 saturated heterocycles. The second kappa shape index (κ2) is 7.36. The summed E-state index contributed by atoms with van der Waals surface area (Å²) in [5.74, 6) is -2.62. The Bertz CT molecular complexity index is 941. The third-order valence-electron chi connectivity index (χ3n) is 4.44. The normalized spacial score (nSPS) is 25.9. The van der Waals surface area contributed by atoms with Crippen molar-refractivity contribution in [2.24, 2.45) is 0 Å². The molecule has 0 saturated carbocycles. The van der Waals surface area contributed by atoms with Crippen molar-refractivity contribution < 1.29 is 27.1 Å². The van der Waals surface area contributed by atoms with Crippen LogP contribution in [0.3, 0.4) is 0 Å². The van der Waals surface area contributed by atoms with Crippen molar-refractivity contribution in [2.45, 2.75) is 38.2 Å². The predicted octanol–water partition coefficient (Wildman–Crippen LogP) is 2.91. The van der Waals surface area contributed by atoms with Gasteiger partial charge in [-0.1, -0.05) is 18.2 Å². The van der Waals surface area contributed by atoms with E-state index in [1.165, 1.54) is 6.07 Å². The first-order valence-corrected chi connectivity index (χ1v) is 9.63. The smallest absolute Gasteiger partial charge is 0.397 e. The molecule has 0 bridgehead atoms. The lowest BCUT2D eigenvalue weighted by Gasteiger charge is -2.25. The molecule has 2 aromatic rings. The van der Waals surface area contributed by atoms with Crippen molar-refractivity contribution in [3.8, 4) is 5.75 Å². The standard InChI is InChI=1S/C17H18F2N3O5P/c1-10-3-2-4-11-8-24-28(27-14(10)11)25-9-12-7-17(18,19)15(26-12)22-6-5-13(20)21-16(22)23/h2-6,12,15H,7-9H2,1H3,(H2,20,21,23). The molecule has 8 nitrogen and oxygen atoms in total. The third kappa shape index (κ3) is 3.73. The molecule has 2 aliphatic heterocycles. The zero-order chi connectivity index (χ0) is 19.9. The van der Waals surface area contributed by atoms with Crippen LogP contribution in [-0.2, 0) is 20.4 Å². The molecule has 11 heteroatoms. The van der Waals surface area contributed by atoms with Crippen molar-refractivity contribution in [1.29, 1.82) is 0 Å². The van der Waals surface area contributed by atoms with Gasteiger partial charge in [-0.25, -0.2) is 13.6 Å². The fourth-order valence-electron chi connectivity index (χ4n) is 3.09. The maximum absolute atomic E-state index is 14.4. The Balaban J connectivity index is 1.40. The number of ether oxygens (including phenoxy) is 1. The maximum atomic E-state index is 14.4. The summed E-state index contributed by atoms with van der Waals surface area (Å²) in [6.07, 6.45) is -2.17. The van der Waals surface area contributed by atoms with Crippen LogP contribution in [0.1, 0.15) is 23.8 Å². The van der Waals surface area contributed by atoms with Crippen LogP contribution in [0.2, 0.25) is 0 Å². The van der Waals surface area contributed by atoms with Gasteiger partial charge in [0.05, 0.1) is 19.3 Å². The molecule has 4 rings (SSSR count). The number of aromatic nitrogens is 2. The highest BCUT2D eigenvalue weighted by Gasteiger charge is 2.52. The first-order chi connectivity index (χ1) is 13.3. The van der Waals surface area contributed by atoms with E-state index in [9.17, 15) is 13.6 Å². The van der Waals surface area contributed by atoms with Gasteiger partial charge in [0.1, 0.15) is 11.6 Å². The van der Waals surface area contributed by atoms with Gasteiger partial charge >= 0.3 is 14.3 Å². The van der Waals surface area contributed by atoms with E-state index >= 15 is 0 Å². The van der Waals surface area contributed by atoms with Crippen molar-refractivity contribution in [3.05, 3.63) is 52.1 Å². The number of para-hydroxylation sites is 1. The van der Waals surface area contributed by atoms with Gasteiger partial charge < -0.3 is 15.0 Å². The van der Waals surface area contributed by atoms with E-state index in [-0.39, 0.29) is 12.4 Å². The summed E-state index contributed by atoms with van der Waals surface area (Å²) >= 11 is 0. The summed E-state index contributed by atoms with van der Waals surface area (Å²) < 4.78 is 51.6. The summed E-state index contributed by atoms with van der Waals surface area (Å²) in [5.41, 5.74) is 6.34. The number of halogens is 2. The summed E-state index contributed by atoms with van der Waals surface area (Å²) in [4.78, 5) is 15.3. The minimum atomic E-state index is -3.26. The van der Waals surface area contributed by atoms with Crippen molar-refractivity contribution in [3.63, 3.8) is 0 Å². The molecule has 1 fully saturated rings. The minimum absolute atomic E-state index is 0.0487. The lowest BCUT2D eigenvalue weighted by molar-refractivity contribution is -0.119. The number of hydrogen-bond acceptors (Lipinski definition) is 7. The minimum Gasteiger partial charge on any atom is -0.426 e.